The average Bonchev–Trinajstić information content (AvgIpc) is 3.12. The molecule has 5 nitrogen and oxygen atoms in total. The molecule has 0 saturated carbocycles. The molecule has 1 atom stereocenters. The molecule has 2 aromatic heterocycles. The Hall–Kier alpha value is -1.21. The minimum atomic E-state index is 0. The smallest absolute Gasteiger partial charge is 1.00 e. The second-order valence-corrected chi connectivity index (χ2v) is 5.23. The van der Waals surface area contributed by atoms with Crippen molar-refractivity contribution < 1.29 is 36.2 Å². The minimum absolute atomic E-state index is 0. The van der Waals surface area contributed by atoms with Gasteiger partial charge in [-0.2, -0.15) is 0 Å². The molecule has 23 heavy (non-hydrogen) atoms. The summed E-state index contributed by atoms with van der Waals surface area (Å²) in [5.74, 6) is 0. The number of aryl methyl sites for hydroxylation is 2. The maximum atomic E-state index is 8.57. The Labute approximate surface area is 161 Å². The summed E-state index contributed by atoms with van der Waals surface area (Å²) in [4.78, 5) is 8.40. The van der Waals surface area contributed by atoms with E-state index >= 15 is 0 Å². The molecule has 0 amide bonds. The van der Waals surface area contributed by atoms with Crippen LogP contribution in [0.25, 0.3) is 0 Å². The van der Waals surface area contributed by atoms with Crippen molar-refractivity contribution in [2.24, 2.45) is 10.9 Å². The molecule has 0 aliphatic heterocycles. The Bertz CT molecular complexity index is 687. The van der Waals surface area contributed by atoms with E-state index in [9.17, 15) is 0 Å². The first-order valence-electron chi connectivity index (χ1n) is 7.14. The third-order valence-corrected chi connectivity index (χ3v) is 3.94. The molecule has 0 saturated heterocycles. The van der Waals surface area contributed by atoms with E-state index in [0.717, 1.165) is 42.7 Å². The average molecular weight is 317 g/mol. The van der Waals surface area contributed by atoms with Crippen molar-refractivity contribution in [2.75, 3.05) is 0 Å². The standard InChI is InChI=1S/C8H8N2O.C8H10N2.B.Na.H/c11-10-8-4-3-7-6(8)2-1-5-9-7;9-7-3-4-8-6(7)2-1-5-10-8;;;/h1-2,5,11H,3-4H2;1-2,5,7H,3-4,9H2;;;/q;;;+1;-1/b10-8-;;;;. The molecule has 7 heteroatoms. The molecule has 0 spiro atoms. The van der Waals surface area contributed by atoms with Crippen LogP contribution in [-0.4, -0.2) is 29.3 Å². The zero-order valence-corrected chi connectivity index (χ0v) is 15.3. The maximum Gasteiger partial charge on any atom is 1.00 e. The van der Waals surface area contributed by atoms with Gasteiger partial charge in [-0.05, 0) is 49.4 Å². The van der Waals surface area contributed by atoms with Gasteiger partial charge < -0.3 is 12.4 Å². The number of oxime groups is 1. The van der Waals surface area contributed by atoms with Crippen LogP contribution in [0.3, 0.4) is 0 Å². The summed E-state index contributed by atoms with van der Waals surface area (Å²) >= 11 is 0. The van der Waals surface area contributed by atoms with E-state index in [1.54, 1.807) is 6.20 Å². The van der Waals surface area contributed by atoms with Crippen molar-refractivity contribution in [3.63, 3.8) is 0 Å². The van der Waals surface area contributed by atoms with Crippen LogP contribution in [0, 0.1) is 0 Å². The summed E-state index contributed by atoms with van der Waals surface area (Å²) in [6.07, 6.45) is 7.41. The van der Waals surface area contributed by atoms with Crippen LogP contribution < -0.4 is 35.3 Å². The number of fused-ring (bicyclic) bond motifs is 2. The van der Waals surface area contributed by atoms with Crippen LogP contribution in [-0.2, 0) is 12.8 Å². The molecule has 4 rings (SSSR count). The first-order chi connectivity index (χ1) is 10.3. The van der Waals surface area contributed by atoms with E-state index in [1.807, 2.05) is 24.4 Å². The summed E-state index contributed by atoms with van der Waals surface area (Å²) in [6.45, 7) is 0. The van der Waals surface area contributed by atoms with Crippen molar-refractivity contribution in [1.29, 1.82) is 0 Å². The first kappa shape index (κ1) is 19.8. The van der Waals surface area contributed by atoms with Gasteiger partial charge in [0.1, 0.15) is 0 Å². The number of rotatable bonds is 0. The Morgan fingerprint density at radius 2 is 1.78 bits per heavy atom. The molecule has 1 unspecified atom stereocenters. The minimum Gasteiger partial charge on any atom is -1.00 e. The summed E-state index contributed by atoms with van der Waals surface area (Å²) in [5.41, 5.74) is 11.0. The third-order valence-electron chi connectivity index (χ3n) is 3.94. The second kappa shape index (κ2) is 9.18. The SMILES string of the molecule is NC1CCc2ncccc21.O/N=C1/CCc2ncccc21.[B].[H-].[Na+]. The van der Waals surface area contributed by atoms with E-state index in [0.29, 0.717) is 0 Å². The summed E-state index contributed by atoms with van der Waals surface area (Å²) in [5, 5.41) is 11.8. The summed E-state index contributed by atoms with van der Waals surface area (Å²) in [6, 6.07) is 8.05. The van der Waals surface area contributed by atoms with Crippen LogP contribution in [0.4, 0.5) is 0 Å². The fourth-order valence-corrected chi connectivity index (χ4v) is 2.82. The van der Waals surface area contributed by atoms with Gasteiger partial charge in [-0.1, -0.05) is 11.2 Å². The third kappa shape index (κ3) is 4.41. The number of nitrogens with zero attached hydrogens (tertiary/aromatic N) is 3. The van der Waals surface area contributed by atoms with Crippen LogP contribution in [0.5, 0.6) is 0 Å². The molecule has 0 aromatic carbocycles. The largest absolute Gasteiger partial charge is 1.00 e. The Morgan fingerprint density at radius 3 is 2.48 bits per heavy atom. The number of nitrogens with two attached hydrogens (primary N) is 1. The van der Waals surface area contributed by atoms with E-state index in [4.69, 9.17) is 10.9 Å². The number of aromatic nitrogens is 2. The van der Waals surface area contributed by atoms with Gasteiger partial charge in [-0.25, -0.2) is 0 Å². The van der Waals surface area contributed by atoms with Crippen molar-refractivity contribution in [2.45, 2.75) is 31.7 Å². The topological polar surface area (TPSA) is 84.4 Å². The van der Waals surface area contributed by atoms with Crippen molar-refractivity contribution in [1.82, 2.24) is 9.97 Å². The number of pyridine rings is 2. The molecular formula is C16H19BN4NaO. The monoisotopic (exact) mass is 317 g/mol. The Morgan fingerprint density at radius 1 is 1.09 bits per heavy atom. The molecule has 2 aromatic rings. The predicted molar refractivity (Wildman–Crippen MR) is 87.2 cm³/mol. The fraction of sp³-hybridized carbons (Fsp3) is 0.312. The van der Waals surface area contributed by atoms with Crippen molar-refractivity contribution >= 4 is 14.1 Å². The van der Waals surface area contributed by atoms with E-state index < -0.39 is 0 Å². The normalized spacial score (nSPS) is 18.8. The van der Waals surface area contributed by atoms with Gasteiger partial charge in [-0.15, -0.1) is 0 Å². The maximum absolute atomic E-state index is 8.57. The molecule has 3 N–H and O–H groups in total. The number of hydrogen-bond acceptors (Lipinski definition) is 5. The molecule has 113 valence electrons. The zero-order chi connectivity index (χ0) is 14.7. The molecule has 0 fully saturated rings. The van der Waals surface area contributed by atoms with Gasteiger partial charge in [0.05, 0.1) is 5.71 Å². The Kier molecular flexibility index (Phi) is 7.92. The first-order valence-corrected chi connectivity index (χ1v) is 7.14. The second-order valence-electron chi connectivity index (χ2n) is 5.23. The molecule has 2 aliphatic carbocycles. The van der Waals surface area contributed by atoms with Crippen LogP contribution in [0.1, 0.15) is 42.8 Å². The Balaban J connectivity index is 0.000000393. The van der Waals surface area contributed by atoms with Crippen LogP contribution >= 0.6 is 0 Å². The molecule has 0 bridgehead atoms. The fourth-order valence-electron chi connectivity index (χ4n) is 2.82. The van der Waals surface area contributed by atoms with Gasteiger partial charge in [0.2, 0.25) is 0 Å². The molecule has 2 heterocycles. The quantitative estimate of drug-likeness (QED) is 0.370. The van der Waals surface area contributed by atoms with E-state index in [2.05, 4.69) is 21.2 Å². The van der Waals surface area contributed by atoms with Gasteiger partial charge in [0.25, 0.3) is 0 Å². The van der Waals surface area contributed by atoms with Gasteiger partial charge in [0.15, 0.2) is 0 Å². The van der Waals surface area contributed by atoms with Gasteiger partial charge in [-0.3, -0.25) is 9.97 Å². The molecule has 3 radical (unpaired) electrons. The summed E-state index contributed by atoms with van der Waals surface area (Å²) < 4.78 is 0. The predicted octanol–water partition coefficient (Wildman–Crippen LogP) is -1.03. The molecular weight excluding hydrogens is 298 g/mol. The van der Waals surface area contributed by atoms with Crippen LogP contribution in [0.2, 0.25) is 0 Å². The van der Waals surface area contributed by atoms with Gasteiger partial charge in [0, 0.05) is 43.8 Å². The van der Waals surface area contributed by atoms with Gasteiger partial charge >= 0.3 is 29.6 Å². The molecule has 2 aliphatic rings. The zero-order valence-electron chi connectivity index (χ0n) is 14.3. The van der Waals surface area contributed by atoms with Crippen LogP contribution in [0.15, 0.2) is 41.8 Å². The number of hydrogen-bond donors (Lipinski definition) is 2. The van der Waals surface area contributed by atoms with E-state index in [1.165, 1.54) is 11.3 Å². The van der Waals surface area contributed by atoms with Crippen molar-refractivity contribution in [3.8, 4) is 0 Å². The summed E-state index contributed by atoms with van der Waals surface area (Å²) in [7, 11) is 0. The van der Waals surface area contributed by atoms with E-state index in [-0.39, 0.29) is 45.4 Å². The van der Waals surface area contributed by atoms with Crippen molar-refractivity contribution in [3.05, 3.63) is 59.2 Å².